The number of nitro benzene ring substituents is 1. The van der Waals surface area contributed by atoms with Gasteiger partial charge in [0.15, 0.2) is 0 Å². The minimum absolute atomic E-state index is 0.144. The lowest BCUT2D eigenvalue weighted by molar-refractivity contribution is -0.384. The second-order valence-corrected chi connectivity index (χ2v) is 8.55. The Balaban J connectivity index is 1.83. The van der Waals surface area contributed by atoms with Gasteiger partial charge in [-0.2, -0.15) is 9.78 Å². The van der Waals surface area contributed by atoms with Crippen LogP contribution in [0.1, 0.15) is 24.0 Å². The van der Waals surface area contributed by atoms with Crippen molar-refractivity contribution < 1.29 is 4.92 Å². The van der Waals surface area contributed by atoms with Gasteiger partial charge in [-0.1, -0.05) is 35.9 Å². The predicted molar refractivity (Wildman–Crippen MR) is 130 cm³/mol. The van der Waals surface area contributed by atoms with Crippen molar-refractivity contribution in [3.05, 3.63) is 92.3 Å². The Morgan fingerprint density at radius 2 is 1.67 bits per heavy atom. The van der Waals surface area contributed by atoms with Crippen molar-refractivity contribution in [3.8, 4) is 16.9 Å². The molecular weight excluding hydrogens is 416 g/mol. The first-order valence-electron chi connectivity index (χ1n) is 11.1. The van der Waals surface area contributed by atoms with Crippen LogP contribution >= 0.6 is 0 Å². The Hall–Kier alpha value is -4.00. The number of rotatable bonds is 4. The standard InChI is InChI=1S/C26H24N4O3/c1-17-9-10-18(2)22(15-17)25-20-7-3-4-8-21(20)26(31)29(27-25)24-16-19(28-13-5-6-14-28)11-12-23(24)30(32)33/h3-4,7-12,15-16H,5-6,13-14H2,1-2H3. The van der Waals surface area contributed by atoms with E-state index in [0.29, 0.717) is 11.1 Å². The summed E-state index contributed by atoms with van der Waals surface area (Å²) >= 11 is 0. The molecule has 1 aromatic heterocycles. The zero-order valence-electron chi connectivity index (χ0n) is 18.6. The Kier molecular flexibility index (Phi) is 5.17. The molecule has 4 aromatic rings. The molecular formula is C26H24N4O3. The SMILES string of the molecule is Cc1ccc(C)c(-c2nn(-c3cc(N4CCCC4)ccc3[N+](=O)[O-])c(=O)c3ccccc23)c1. The Morgan fingerprint density at radius 3 is 2.39 bits per heavy atom. The maximum Gasteiger partial charge on any atom is 0.295 e. The van der Waals surface area contributed by atoms with Gasteiger partial charge in [0.05, 0.1) is 16.0 Å². The Labute approximate surface area is 191 Å². The summed E-state index contributed by atoms with van der Waals surface area (Å²) in [6.07, 6.45) is 2.16. The molecule has 2 heterocycles. The van der Waals surface area contributed by atoms with E-state index in [1.165, 1.54) is 10.7 Å². The lowest BCUT2D eigenvalue weighted by atomic mass is 9.99. The fraction of sp³-hybridized carbons (Fsp3) is 0.231. The van der Waals surface area contributed by atoms with E-state index in [9.17, 15) is 14.9 Å². The summed E-state index contributed by atoms with van der Waals surface area (Å²) in [6.45, 7) is 5.79. The van der Waals surface area contributed by atoms with E-state index >= 15 is 0 Å². The van der Waals surface area contributed by atoms with Gasteiger partial charge in [0.25, 0.3) is 11.2 Å². The van der Waals surface area contributed by atoms with Gasteiger partial charge in [-0.05, 0) is 56.5 Å². The monoisotopic (exact) mass is 440 g/mol. The highest BCUT2D eigenvalue weighted by Gasteiger charge is 2.23. The lowest BCUT2D eigenvalue weighted by Gasteiger charge is -2.19. The number of nitro groups is 1. The van der Waals surface area contributed by atoms with Crippen molar-refractivity contribution >= 4 is 22.1 Å². The molecule has 1 aliphatic heterocycles. The number of aryl methyl sites for hydroxylation is 2. The summed E-state index contributed by atoms with van der Waals surface area (Å²) < 4.78 is 1.21. The smallest absolute Gasteiger partial charge is 0.295 e. The highest BCUT2D eigenvalue weighted by molar-refractivity contribution is 5.94. The predicted octanol–water partition coefficient (Wildman–Crippen LogP) is 5.18. The summed E-state index contributed by atoms with van der Waals surface area (Å²) in [5.41, 5.74) is 4.15. The second-order valence-electron chi connectivity index (χ2n) is 8.55. The summed E-state index contributed by atoms with van der Waals surface area (Å²) in [4.78, 5) is 27.2. The van der Waals surface area contributed by atoms with E-state index < -0.39 is 4.92 Å². The molecule has 7 heteroatoms. The first-order valence-corrected chi connectivity index (χ1v) is 11.1. The third-order valence-electron chi connectivity index (χ3n) is 6.31. The number of hydrogen-bond donors (Lipinski definition) is 0. The summed E-state index contributed by atoms with van der Waals surface area (Å²) in [5.74, 6) is 0. The maximum atomic E-state index is 13.5. The largest absolute Gasteiger partial charge is 0.371 e. The molecule has 5 rings (SSSR count). The molecule has 0 unspecified atom stereocenters. The normalized spacial score (nSPS) is 13.6. The number of aromatic nitrogens is 2. The van der Waals surface area contributed by atoms with E-state index in [-0.39, 0.29) is 16.9 Å². The first kappa shape index (κ1) is 20.9. The van der Waals surface area contributed by atoms with Crippen LogP contribution in [0.3, 0.4) is 0 Å². The Bertz CT molecular complexity index is 1450. The van der Waals surface area contributed by atoms with Gasteiger partial charge in [-0.15, -0.1) is 0 Å². The first-order chi connectivity index (χ1) is 15.9. The number of fused-ring (bicyclic) bond motifs is 1. The third kappa shape index (κ3) is 3.65. The number of nitrogens with zero attached hydrogens (tertiary/aromatic N) is 4. The fourth-order valence-corrected chi connectivity index (χ4v) is 4.55. The zero-order chi connectivity index (χ0) is 23.1. The summed E-state index contributed by atoms with van der Waals surface area (Å²) in [6, 6.07) is 18.3. The molecule has 7 nitrogen and oxygen atoms in total. The highest BCUT2D eigenvalue weighted by atomic mass is 16.6. The molecule has 0 aliphatic carbocycles. The Morgan fingerprint density at radius 1 is 0.939 bits per heavy atom. The molecule has 3 aromatic carbocycles. The minimum atomic E-state index is -0.454. The molecule has 0 bridgehead atoms. The van der Waals surface area contributed by atoms with Gasteiger partial charge in [0.2, 0.25) is 0 Å². The number of hydrogen-bond acceptors (Lipinski definition) is 5. The van der Waals surface area contributed by atoms with Gasteiger partial charge in [0.1, 0.15) is 5.69 Å². The van der Waals surface area contributed by atoms with Gasteiger partial charge in [-0.3, -0.25) is 14.9 Å². The highest BCUT2D eigenvalue weighted by Crippen LogP contribution is 2.32. The van der Waals surface area contributed by atoms with Crippen LogP contribution in [-0.2, 0) is 0 Å². The average molecular weight is 441 g/mol. The van der Waals surface area contributed by atoms with Crippen LogP contribution in [-0.4, -0.2) is 27.8 Å². The van der Waals surface area contributed by atoms with E-state index in [0.717, 1.165) is 53.7 Å². The van der Waals surface area contributed by atoms with E-state index in [1.54, 1.807) is 24.3 Å². The average Bonchev–Trinajstić information content (AvgIpc) is 3.36. The molecule has 1 saturated heterocycles. The minimum Gasteiger partial charge on any atom is -0.371 e. The van der Waals surface area contributed by atoms with E-state index in [2.05, 4.69) is 4.90 Å². The zero-order valence-corrected chi connectivity index (χ0v) is 18.6. The quantitative estimate of drug-likeness (QED) is 0.323. The van der Waals surface area contributed by atoms with E-state index in [1.807, 2.05) is 44.2 Å². The van der Waals surface area contributed by atoms with Crippen molar-refractivity contribution in [2.75, 3.05) is 18.0 Å². The molecule has 0 atom stereocenters. The fourth-order valence-electron chi connectivity index (χ4n) is 4.55. The molecule has 33 heavy (non-hydrogen) atoms. The third-order valence-corrected chi connectivity index (χ3v) is 6.31. The maximum absolute atomic E-state index is 13.5. The van der Waals surface area contributed by atoms with Crippen LogP contribution in [0.15, 0.2) is 65.5 Å². The molecule has 0 amide bonds. The van der Waals surface area contributed by atoms with Crippen LogP contribution in [0, 0.1) is 24.0 Å². The number of benzene rings is 3. The topological polar surface area (TPSA) is 81.3 Å². The summed E-state index contributed by atoms with van der Waals surface area (Å²) in [5, 5.41) is 17.8. The van der Waals surface area contributed by atoms with E-state index in [4.69, 9.17) is 5.10 Å². The molecule has 1 fully saturated rings. The summed E-state index contributed by atoms with van der Waals surface area (Å²) in [7, 11) is 0. The van der Waals surface area contributed by atoms with Crippen LogP contribution < -0.4 is 10.5 Å². The molecule has 0 N–H and O–H groups in total. The van der Waals surface area contributed by atoms with Gasteiger partial charge in [0, 0.05) is 35.8 Å². The molecule has 166 valence electrons. The molecule has 0 saturated carbocycles. The van der Waals surface area contributed by atoms with Crippen molar-refractivity contribution in [1.29, 1.82) is 0 Å². The molecule has 0 spiro atoms. The second kappa shape index (κ2) is 8.16. The molecule has 0 radical (unpaired) electrons. The van der Waals surface area contributed by atoms with Crippen LogP contribution in [0.4, 0.5) is 11.4 Å². The van der Waals surface area contributed by atoms with Gasteiger partial charge >= 0.3 is 0 Å². The molecule has 1 aliphatic rings. The number of anilines is 1. The van der Waals surface area contributed by atoms with Crippen LogP contribution in [0.2, 0.25) is 0 Å². The van der Waals surface area contributed by atoms with Crippen molar-refractivity contribution in [1.82, 2.24) is 9.78 Å². The van der Waals surface area contributed by atoms with Crippen molar-refractivity contribution in [2.24, 2.45) is 0 Å². The van der Waals surface area contributed by atoms with Crippen molar-refractivity contribution in [3.63, 3.8) is 0 Å². The van der Waals surface area contributed by atoms with Crippen LogP contribution in [0.25, 0.3) is 27.7 Å². The van der Waals surface area contributed by atoms with Gasteiger partial charge in [-0.25, -0.2) is 0 Å². The van der Waals surface area contributed by atoms with Crippen molar-refractivity contribution in [2.45, 2.75) is 26.7 Å². The lowest BCUT2D eigenvalue weighted by Crippen LogP contribution is -2.24. The van der Waals surface area contributed by atoms with Crippen LogP contribution in [0.5, 0.6) is 0 Å². The van der Waals surface area contributed by atoms with Gasteiger partial charge < -0.3 is 4.90 Å².